The molecule has 0 atom stereocenters. The van der Waals surface area contributed by atoms with E-state index in [4.69, 9.17) is 5.14 Å². The number of carbonyl (C=O) groups excluding carboxylic acids is 2. The number of amides is 2. The minimum Gasteiger partial charge on any atom is -0.355 e. The molecule has 130 valence electrons. The average molecular weight is 351 g/mol. The van der Waals surface area contributed by atoms with Crippen molar-refractivity contribution in [3.05, 3.63) is 29.8 Å². The highest BCUT2D eigenvalue weighted by Crippen LogP contribution is 2.46. The molecule has 8 heteroatoms. The van der Waals surface area contributed by atoms with Gasteiger partial charge in [0.25, 0.3) is 0 Å². The lowest BCUT2D eigenvalue weighted by Gasteiger charge is -2.15. The van der Waals surface area contributed by atoms with Gasteiger partial charge in [0.15, 0.2) is 0 Å². The third kappa shape index (κ3) is 3.76. The van der Waals surface area contributed by atoms with Crippen LogP contribution in [0.4, 0.5) is 0 Å². The van der Waals surface area contributed by atoms with E-state index in [1.54, 1.807) is 12.1 Å². The molecule has 1 aromatic carbocycles. The molecule has 4 N–H and O–H groups in total. The van der Waals surface area contributed by atoms with Crippen LogP contribution in [0.25, 0.3) is 0 Å². The molecule has 0 spiro atoms. The highest BCUT2D eigenvalue weighted by molar-refractivity contribution is 7.89. The highest BCUT2D eigenvalue weighted by atomic mass is 32.2. The largest absolute Gasteiger partial charge is 0.355 e. The van der Waals surface area contributed by atoms with Gasteiger partial charge in [0.1, 0.15) is 5.41 Å². The molecule has 2 aliphatic carbocycles. The summed E-state index contributed by atoms with van der Waals surface area (Å²) in [6, 6.07) is 6.47. The molecule has 2 amide bonds. The topological polar surface area (TPSA) is 118 Å². The van der Waals surface area contributed by atoms with Crippen molar-refractivity contribution in [2.45, 2.75) is 43.0 Å². The van der Waals surface area contributed by atoms with Gasteiger partial charge in [-0.05, 0) is 49.8 Å². The van der Waals surface area contributed by atoms with Crippen molar-refractivity contribution >= 4 is 21.8 Å². The fraction of sp³-hybridized carbons (Fsp3) is 0.500. The Morgan fingerprint density at radius 3 is 2.25 bits per heavy atom. The van der Waals surface area contributed by atoms with Crippen molar-refractivity contribution in [1.29, 1.82) is 0 Å². The Bertz CT molecular complexity index is 750. The van der Waals surface area contributed by atoms with Crippen LogP contribution in [-0.2, 0) is 26.0 Å². The maximum Gasteiger partial charge on any atom is 0.238 e. The normalized spacial score (nSPS) is 18.7. The van der Waals surface area contributed by atoms with E-state index >= 15 is 0 Å². The minimum atomic E-state index is -3.69. The Morgan fingerprint density at radius 2 is 1.75 bits per heavy atom. The summed E-state index contributed by atoms with van der Waals surface area (Å²) in [6.45, 7) is 0.395. The highest BCUT2D eigenvalue weighted by Gasteiger charge is 2.57. The first-order valence-electron chi connectivity index (χ1n) is 8.02. The molecule has 0 radical (unpaired) electrons. The van der Waals surface area contributed by atoms with Gasteiger partial charge in [-0.3, -0.25) is 9.59 Å². The Kier molecular flexibility index (Phi) is 4.35. The van der Waals surface area contributed by atoms with Crippen molar-refractivity contribution in [1.82, 2.24) is 10.6 Å². The third-order valence-corrected chi connectivity index (χ3v) is 5.41. The SMILES string of the molecule is NS(=O)(=O)c1ccc(CCNC(=O)C2(C(=O)NC3CC3)CC2)cc1. The molecule has 24 heavy (non-hydrogen) atoms. The molecule has 2 fully saturated rings. The van der Waals surface area contributed by atoms with Crippen LogP contribution in [0.1, 0.15) is 31.2 Å². The van der Waals surface area contributed by atoms with E-state index in [0.717, 1.165) is 18.4 Å². The van der Waals surface area contributed by atoms with Crippen LogP contribution in [0.5, 0.6) is 0 Å². The molecular weight excluding hydrogens is 330 g/mol. The lowest BCUT2D eigenvalue weighted by Crippen LogP contribution is -2.44. The first-order chi connectivity index (χ1) is 11.3. The number of primary sulfonamides is 1. The van der Waals surface area contributed by atoms with E-state index in [-0.39, 0.29) is 22.8 Å². The summed E-state index contributed by atoms with van der Waals surface area (Å²) in [7, 11) is -3.69. The minimum absolute atomic E-state index is 0.0592. The zero-order chi connectivity index (χ0) is 17.4. The molecule has 0 bridgehead atoms. The van der Waals surface area contributed by atoms with Gasteiger partial charge in [-0.1, -0.05) is 12.1 Å². The Labute approximate surface area is 141 Å². The van der Waals surface area contributed by atoms with Crippen LogP contribution < -0.4 is 15.8 Å². The molecule has 0 aromatic heterocycles. The average Bonchev–Trinajstić information content (AvgIpc) is 3.41. The Balaban J connectivity index is 1.49. The van der Waals surface area contributed by atoms with Gasteiger partial charge in [0, 0.05) is 12.6 Å². The second-order valence-electron chi connectivity index (χ2n) is 6.52. The number of nitrogens with one attached hydrogen (secondary N) is 2. The quantitative estimate of drug-likeness (QED) is 0.602. The van der Waals surface area contributed by atoms with Gasteiger partial charge in [0.2, 0.25) is 21.8 Å². The second kappa shape index (κ2) is 6.18. The second-order valence-corrected chi connectivity index (χ2v) is 8.09. The molecule has 3 rings (SSSR count). The smallest absolute Gasteiger partial charge is 0.238 e. The van der Waals surface area contributed by atoms with Crippen molar-refractivity contribution in [2.75, 3.05) is 6.54 Å². The van der Waals surface area contributed by atoms with Gasteiger partial charge in [0.05, 0.1) is 4.90 Å². The monoisotopic (exact) mass is 351 g/mol. The summed E-state index contributed by atoms with van der Waals surface area (Å²) in [5, 5.41) is 10.8. The molecule has 2 saturated carbocycles. The fourth-order valence-corrected chi connectivity index (χ4v) is 3.08. The van der Waals surface area contributed by atoms with Crippen molar-refractivity contribution in [3.8, 4) is 0 Å². The number of rotatable bonds is 7. The van der Waals surface area contributed by atoms with Gasteiger partial charge in [-0.15, -0.1) is 0 Å². The molecule has 0 heterocycles. The van der Waals surface area contributed by atoms with E-state index in [0.29, 0.717) is 25.8 Å². The number of benzene rings is 1. The molecule has 7 nitrogen and oxygen atoms in total. The van der Waals surface area contributed by atoms with Crippen LogP contribution >= 0.6 is 0 Å². The fourth-order valence-electron chi connectivity index (χ4n) is 2.57. The molecule has 1 aromatic rings. The maximum absolute atomic E-state index is 12.3. The molecule has 2 aliphatic rings. The summed E-state index contributed by atoms with van der Waals surface area (Å²) in [4.78, 5) is 24.5. The van der Waals surface area contributed by atoms with E-state index in [9.17, 15) is 18.0 Å². The summed E-state index contributed by atoms with van der Waals surface area (Å²) in [6.07, 6.45) is 3.74. The molecule has 0 unspecified atom stereocenters. The number of hydrogen-bond acceptors (Lipinski definition) is 4. The predicted molar refractivity (Wildman–Crippen MR) is 87.4 cm³/mol. The maximum atomic E-state index is 12.3. The van der Waals surface area contributed by atoms with E-state index < -0.39 is 15.4 Å². The number of sulfonamides is 1. The molecular formula is C16H21N3O4S. The van der Waals surface area contributed by atoms with Gasteiger partial charge in [-0.25, -0.2) is 13.6 Å². The van der Waals surface area contributed by atoms with Crippen molar-refractivity contribution in [2.24, 2.45) is 10.6 Å². The van der Waals surface area contributed by atoms with E-state index in [1.807, 2.05) is 0 Å². The Morgan fingerprint density at radius 1 is 1.12 bits per heavy atom. The molecule has 0 aliphatic heterocycles. The third-order valence-electron chi connectivity index (χ3n) is 4.48. The van der Waals surface area contributed by atoms with Crippen LogP contribution in [0.2, 0.25) is 0 Å². The number of carbonyl (C=O) groups is 2. The van der Waals surface area contributed by atoms with Gasteiger partial charge >= 0.3 is 0 Å². The summed E-state index contributed by atoms with van der Waals surface area (Å²) >= 11 is 0. The number of hydrogen-bond donors (Lipinski definition) is 3. The summed E-state index contributed by atoms with van der Waals surface area (Å²) in [5.74, 6) is -0.373. The zero-order valence-corrected chi connectivity index (χ0v) is 14.1. The first-order valence-corrected chi connectivity index (χ1v) is 9.57. The van der Waals surface area contributed by atoms with Crippen LogP contribution in [0, 0.1) is 5.41 Å². The number of nitrogens with two attached hydrogens (primary N) is 1. The Hall–Kier alpha value is -1.93. The standard InChI is InChI=1S/C16H21N3O4S/c17-24(22,23)13-5-1-11(2-6-13)7-10-18-14(20)16(8-9-16)15(21)19-12-3-4-12/h1-2,5-6,12H,3-4,7-10H2,(H,18,20)(H,19,21)(H2,17,22,23). The zero-order valence-electron chi connectivity index (χ0n) is 13.2. The summed E-state index contributed by atoms with van der Waals surface area (Å²) < 4.78 is 22.4. The molecule has 0 saturated heterocycles. The lowest BCUT2D eigenvalue weighted by molar-refractivity contribution is -0.137. The van der Waals surface area contributed by atoms with Crippen LogP contribution in [0.15, 0.2) is 29.2 Å². The van der Waals surface area contributed by atoms with E-state index in [1.165, 1.54) is 12.1 Å². The van der Waals surface area contributed by atoms with Gasteiger partial charge in [-0.2, -0.15) is 0 Å². The summed E-state index contributed by atoms with van der Waals surface area (Å²) in [5.41, 5.74) is 0.00931. The van der Waals surface area contributed by atoms with Crippen LogP contribution in [-0.4, -0.2) is 32.8 Å². The van der Waals surface area contributed by atoms with Crippen molar-refractivity contribution < 1.29 is 18.0 Å². The first kappa shape index (κ1) is 16.9. The predicted octanol–water partition coefficient (Wildman–Crippen LogP) is 0.0515. The van der Waals surface area contributed by atoms with E-state index in [2.05, 4.69) is 10.6 Å². The van der Waals surface area contributed by atoms with Crippen LogP contribution in [0.3, 0.4) is 0 Å². The van der Waals surface area contributed by atoms with Gasteiger partial charge < -0.3 is 10.6 Å². The lowest BCUT2D eigenvalue weighted by atomic mass is 10.0. The van der Waals surface area contributed by atoms with Crippen molar-refractivity contribution in [3.63, 3.8) is 0 Å².